The molecule has 1 aliphatic rings. The third-order valence-electron chi connectivity index (χ3n) is 3.49. The molecular formula is C15H20O. The fourth-order valence-electron chi connectivity index (χ4n) is 2.36. The molecule has 1 heteroatoms. The molecule has 0 bridgehead atoms. The van der Waals surface area contributed by atoms with Crippen LogP contribution in [0.4, 0.5) is 0 Å². The van der Waals surface area contributed by atoms with E-state index < -0.39 is 0 Å². The van der Waals surface area contributed by atoms with Crippen molar-refractivity contribution in [3.8, 4) is 5.75 Å². The SMILES string of the molecule is C=Cc1cccc(OCC2(C)CCCC2)c1. The second-order valence-corrected chi connectivity index (χ2v) is 5.08. The summed E-state index contributed by atoms with van der Waals surface area (Å²) in [6.07, 6.45) is 7.16. The molecule has 0 aliphatic heterocycles. The Morgan fingerprint density at radius 2 is 2.12 bits per heavy atom. The Morgan fingerprint density at radius 3 is 2.81 bits per heavy atom. The highest BCUT2D eigenvalue weighted by molar-refractivity contribution is 5.49. The van der Waals surface area contributed by atoms with Crippen LogP contribution in [0.25, 0.3) is 6.08 Å². The van der Waals surface area contributed by atoms with Crippen LogP contribution in [0.5, 0.6) is 5.75 Å². The zero-order valence-electron chi connectivity index (χ0n) is 10.0. The molecule has 1 aromatic carbocycles. The molecule has 0 aromatic heterocycles. The molecule has 1 nitrogen and oxygen atoms in total. The van der Waals surface area contributed by atoms with Crippen LogP contribution in [-0.2, 0) is 0 Å². The van der Waals surface area contributed by atoms with Crippen LogP contribution in [0.3, 0.4) is 0 Å². The molecule has 2 rings (SSSR count). The van der Waals surface area contributed by atoms with E-state index in [1.807, 2.05) is 30.3 Å². The predicted octanol–water partition coefficient (Wildman–Crippen LogP) is 4.29. The highest BCUT2D eigenvalue weighted by Gasteiger charge is 2.29. The van der Waals surface area contributed by atoms with Crippen molar-refractivity contribution < 1.29 is 4.74 Å². The van der Waals surface area contributed by atoms with Crippen molar-refractivity contribution in [2.24, 2.45) is 5.41 Å². The van der Waals surface area contributed by atoms with Gasteiger partial charge in [0.05, 0.1) is 6.61 Å². The average Bonchev–Trinajstić information content (AvgIpc) is 2.75. The number of rotatable bonds is 4. The van der Waals surface area contributed by atoms with E-state index in [2.05, 4.69) is 13.5 Å². The zero-order valence-corrected chi connectivity index (χ0v) is 10.0. The van der Waals surface area contributed by atoms with E-state index in [0.29, 0.717) is 5.41 Å². The van der Waals surface area contributed by atoms with Gasteiger partial charge in [-0.05, 0) is 30.5 Å². The van der Waals surface area contributed by atoms with Crippen LogP contribution in [0.15, 0.2) is 30.8 Å². The minimum Gasteiger partial charge on any atom is -0.493 e. The van der Waals surface area contributed by atoms with Crippen molar-refractivity contribution in [2.45, 2.75) is 32.6 Å². The van der Waals surface area contributed by atoms with Crippen LogP contribution in [0.2, 0.25) is 0 Å². The topological polar surface area (TPSA) is 9.23 Å². The van der Waals surface area contributed by atoms with E-state index in [1.54, 1.807) is 0 Å². The van der Waals surface area contributed by atoms with Crippen molar-refractivity contribution in [1.29, 1.82) is 0 Å². The number of benzene rings is 1. The lowest BCUT2D eigenvalue weighted by Gasteiger charge is -2.23. The number of hydrogen-bond acceptors (Lipinski definition) is 1. The second kappa shape index (κ2) is 4.73. The molecule has 86 valence electrons. The predicted molar refractivity (Wildman–Crippen MR) is 68.6 cm³/mol. The van der Waals surface area contributed by atoms with Crippen molar-refractivity contribution >= 4 is 6.08 Å². The first-order valence-electron chi connectivity index (χ1n) is 6.07. The third kappa shape index (κ3) is 2.66. The van der Waals surface area contributed by atoms with Gasteiger partial charge in [-0.25, -0.2) is 0 Å². The van der Waals surface area contributed by atoms with Crippen LogP contribution in [0.1, 0.15) is 38.2 Å². The minimum atomic E-state index is 0.393. The summed E-state index contributed by atoms with van der Waals surface area (Å²) in [6.45, 7) is 6.94. The molecule has 16 heavy (non-hydrogen) atoms. The first-order valence-corrected chi connectivity index (χ1v) is 6.07. The highest BCUT2D eigenvalue weighted by atomic mass is 16.5. The van der Waals surface area contributed by atoms with E-state index >= 15 is 0 Å². The summed E-state index contributed by atoms with van der Waals surface area (Å²) in [6, 6.07) is 8.12. The molecular weight excluding hydrogens is 196 g/mol. The molecule has 0 N–H and O–H groups in total. The Morgan fingerprint density at radius 1 is 1.38 bits per heavy atom. The number of hydrogen-bond donors (Lipinski definition) is 0. The van der Waals surface area contributed by atoms with Crippen LogP contribution < -0.4 is 4.74 Å². The summed E-state index contributed by atoms with van der Waals surface area (Å²) in [5.41, 5.74) is 1.51. The maximum absolute atomic E-state index is 5.89. The third-order valence-corrected chi connectivity index (χ3v) is 3.49. The lowest BCUT2D eigenvalue weighted by molar-refractivity contribution is 0.168. The van der Waals surface area contributed by atoms with Gasteiger partial charge in [-0.1, -0.05) is 44.6 Å². The van der Waals surface area contributed by atoms with E-state index in [0.717, 1.165) is 17.9 Å². The van der Waals surface area contributed by atoms with Gasteiger partial charge in [-0.2, -0.15) is 0 Å². The Labute approximate surface area is 98.1 Å². The minimum absolute atomic E-state index is 0.393. The Balaban J connectivity index is 1.96. The van der Waals surface area contributed by atoms with E-state index in [-0.39, 0.29) is 0 Å². The lowest BCUT2D eigenvalue weighted by atomic mass is 9.90. The first kappa shape index (κ1) is 11.3. The molecule has 1 saturated carbocycles. The van der Waals surface area contributed by atoms with Crippen molar-refractivity contribution in [1.82, 2.24) is 0 Å². The van der Waals surface area contributed by atoms with Gasteiger partial charge in [0, 0.05) is 5.41 Å². The Kier molecular flexibility index (Phi) is 3.33. The summed E-state index contributed by atoms with van der Waals surface area (Å²) in [7, 11) is 0. The summed E-state index contributed by atoms with van der Waals surface area (Å²) < 4.78 is 5.89. The molecule has 1 aliphatic carbocycles. The fourth-order valence-corrected chi connectivity index (χ4v) is 2.36. The molecule has 0 atom stereocenters. The van der Waals surface area contributed by atoms with Gasteiger partial charge in [0.2, 0.25) is 0 Å². The molecule has 0 spiro atoms. The van der Waals surface area contributed by atoms with Crippen molar-refractivity contribution in [3.63, 3.8) is 0 Å². The summed E-state index contributed by atoms with van der Waals surface area (Å²) in [5, 5.41) is 0. The lowest BCUT2D eigenvalue weighted by Crippen LogP contribution is -2.21. The standard InChI is InChI=1S/C15H20O/c1-3-13-7-6-8-14(11-13)16-12-15(2)9-4-5-10-15/h3,6-8,11H,1,4-5,9-10,12H2,2H3. The smallest absolute Gasteiger partial charge is 0.119 e. The van der Waals surface area contributed by atoms with E-state index in [9.17, 15) is 0 Å². The quantitative estimate of drug-likeness (QED) is 0.729. The van der Waals surface area contributed by atoms with Gasteiger partial charge in [0.25, 0.3) is 0 Å². The van der Waals surface area contributed by atoms with Crippen LogP contribution in [0, 0.1) is 5.41 Å². The van der Waals surface area contributed by atoms with Gasteiger partial charge >= 0.3 is 0 Å². The van der Waals surface area contributed by atoms with E-state index in [4.69, 9.17) is 4.74 Å². The maximum Gasteiger partial charge on any atom is 0.119 e. The second-order valence-electron chi connectivity index (χ2n) is 5.08. The molecule has 1 fully saturated rings. The van der Waals surface area contributed by atoms with Gasteiger partial charge < -0.3 is 4.74 Å². The molecule has 0 amide bonds. The Bertz CT molecular complexity index is 361. The monoisotopic (exact) mass is 216 g/mol. The van der Waals surface area contributed by atoms with Crippen LogP contribution in [-0.4, -0.2) is 6.61 Å². The zero-order chi connectivity index (χ0) is 11.4. The van der Waals surface area contributed by atoms with Crippen molar-refractivity contribution in [2.75, 3.05) is 6.61 Å². The van der Waals surface area contributed by atoms with Gasteiger partial charge in [-0.3, -0.25) is 0 Å². The molecule has 1 aromatic rings. The fraction of sp³-hybridized carbons (Fsp3) is 0.467. The number of ether oxygens (including phenoxy) is 1. The maximum atomic E-state index is 5.89. The van der Waals surface area contributed by atoms with Gasteiger partial charge in [0.1, 0.15) is 5.75 Å². The summed E-state index contributed by atoms with van der Waals surface area (Å²) in [5.74, 6) is 0.963. The molecule has 0 unspecified atom stereocenters. The normalized spacial score (nSPS) is 18.3. The van der Waals surface area contributed by atoms with Crippen molar-refractivity contribution in [3.05, 3.63) is 36.4 Å². The average molecular weight is 216 g/mol. The molecule has 0 heterocycles. The summed E-state index contributed by atoms with van der Waals surface area (Å²) >= 11 is 0. The first-order chi connectivity index (χ1) is 7.72. The van der Waals surface area contributed by atoms with Gasteiger partial charge in [-0.15, -0.1) is 0 Å². The molecule has 0 saturated heterocycles. The largest absolute Gasteiger partial charge is 0.493 e. The van der Waals surface area contributed by atoms with Crippen LogP contribution >= 0.6 is 0 Å². The summed E-state index contributed by atoms with van der Waals surface area (Å²) in [4.78, 5) is 0. The molecule has 0 radical (unpaired) electrons. The van der Waals surface area contributed by atoms with Gasteiger partial charge in [0.15, 0.2) is 0 Å². The van der Waals surface area contributed by atoms with E-state index in [1.165, 1.54) is 25.7 Å². The Hall–Kier alpha value is -1.24. The highest BCUT2D eigenvalue weighted by Crippen LogP contribution is 2.37.